The molecule has 0 aliphatic rings. The van der Waals surface area contributed by atoms with Crippen LogP contribution in [0.2, 0.25) is 5.02 Å². The average Bonchev–Trinajstić information content (AvgIpc) is 2.26. The van der Waals surface area contributed by atoms with Gasteiger partial charge in [-0.05, 0) is 12.3 Å². The molecule has 0 atom stereocenters. The van der Waals surface area contributed by atoms with Crippen LogP contribution < -0.4 is 5.11 Å². The van der Waals surface area contributed by atoms with E-state index in [1.165, 1.54) is 0 Å². The predicted octanol–water partition coefficient (Wildman–Crippen LogP) is 1.72. The van der Waals surface area contributed by atoms with Gasteiger partial charge in [-0.3, -0.25) is 20.2 Å². The number of rotatable bonds is 5. The molecule has 9 heteroatoms. The molecule has 1 aromatic carbocycles. The van der Waals surface area contributed by atoms with Gasteiger partial charge in [-0.25, -0.2) is 0 Å². The van der Waals surface area contributed by atoms with Crippen molar-refractivity contribution >= 4 is 28.9 Å². The molecule has 0 aliphatic carbocycles. The minimum absolute atomic E-state index is 0.0390. The maximum absolute atomic E-state index is 11.1. The Hall–Kier alpha value is -2.22. The summed E-state index contributed by atoms with van der Waals surface area (Å²) in [5.41, 5.74) is -2.33. The number of carboxylic acids is 1. The number of aromatic carboxylic acids is 1. The van der Waals surface area contributed by atoms with Crippen LogP contribution in [0.5, 0.6) is 0 Å². The fraction of sp³-hybridized carbons (Fsp3) is 0.364. The molecule has 0 saturated heterocycles. The molecular formula is C11H10ClN2O6-. The second-order valence-electron chi connectivity index (χ2n) is 4.48. The molecule has 1 rings (SSSR count). The van der Waals surface area contributed by atoms with Gasteiger partial charge in [0.1, 0.15) is 0 Å². The predicted molar refractivity (Wildman–Crippen MR) is 67.6 cm³/mol. The lowest BCUT2D eigenvalue weighted by molar-refractivity contribution is -0.394. The van der Waals surface area contributed by atoms with E-state index >= 15 is 0 Å². The van der Waals surface area contributed by atoms with E-state index in [0.717, 1.165) is 0 Å². The van der Waals surface area contributed by atoms with Gasteiger partial charge in [0.2, 0.25) is 0 Å². The highest BCUT2D eigenvalue weighted by Crippen LogP contribution is 2.39. The highest BCUT2D eigenvalue weighted by Gasteiger charge is 2.31. The highest BCUT2D eigenvalue weighted by atomic mass is 35.5. The summed E-state index contributed by atoms with van der Waals surface area (Å²) in [5, 5.41) is 32.2. The molecule has 1 aromatic rings. The van der Waals surface area contributed by atoms with Gasteiger partial charge in [0.05, 0.1) is 15.8 Å². The second kappa shape index (κ2) is 5.83. The van der Waals surface area contributed by atoms with E-state index in [1.807, 2.05) is 0 Å². The molecule has 0 spiro atoms. The van der Waals surface area contributed by atoms with Crippen molar-refractivity contribution in [3.8, 4) is 0 Å². The quantitative estimate of drug-likeness (QED) is 0.602. The fourth-order valence-electron chi connectivity index (χ4n) is 1.79. The van der Waals surface area contributed by atoms with Crippen molar-refractivity contribution in [3.63, 3.8) is 0 Å². The van der Waals surface area contributed by atoms with Crippen LogP contribution in [0.1, 0.15) is 29.8 Å². The number of carboxylic acid groups (broad SMARTS) is 1. The van der Waals surface area contributed by atoms with E-state index in [4.69, 9.17) is 11.6 Å². The SMILES string of the molecule is CC(C)Cc1c(C(=O)[O-])cc([N+](=O)[O-])c(Cl)c1[N+](=O)[O-]. The lowest BCUT2D eigenvalue weighted by atomic mass is 9.95. The van der Waals surface area contributed by atoms with E-state index in [2.05, 4.69) is 0 Å². The Bertz CT molecular complexity index is 599. The molecule has 0 aromatic heterocycles. The fourth-order valence-corrected chi connectivity index (χ4v) is 2.10. The normalized spacial score (nSPS) is 10.6. The van der Waals surface area contributed by atoms with Crippen molar-refractivity contribution in [2.75, 3.05) is 0 Å². The van der Waals surface area contributed by atoms with Crippen LogP contribution >= 0.6 is 11.6 Å². The van der Waals surface area contributed by atoms with E-state index < -0.39 is 37.8 Å². The Morgan fingerprint density at radius 3 is 2.20 bits per heavy atom. The molecule has 20 heavy (non-hydrogen) atoms. The summed E-state index contributed by atoms with van der Waals surface area (Å²) in [6, 6.07) is 0.697. The Labute approximate surface area is 118 Å². The Morgan fingerprint density at radius 1 is 1.30 bits per heavy atom. The van der Waals surface area contributed by atoms with Crippen LogP contribution in [0.25, 0.3) is 0 Å². The molecule has 0 saturated carbocycles. The molecule has 0 fully saturated rings. The molecule has 0 N–H and O–H groups in total. The summed E-state index contributed by atoms with van der Waals surface area (Å²) < 4.78 is 0. The van der Waals surface area contributed by atoms with Crippen LogP contribution in [-0.4, -0.2) is 15.8 Å². The number of nitro benzene ring substituents is 2. The highest BCUT2D eigenvalue weighted by molar-refractivity contribution is 6.35. The number of nitro groups is 2. The molecule has 108 valence electrons. The number of nitrogens with zero attached hydrogens (tertiary/aromatic N) is 2. The first-order chi connectivity index (χ1) is 9.16. The number of hydrogen-bond donors (Lipinski definition) is 0. The maximum atomic E-state index is 11.1. The second-order valence-corrected chi connectivity index (χ2v) is 4.86. The van der Waals surface area contributed by atoms with Crippen LogP contribution in [0.4, 0.5) is 11.4 Å². The largest absolute Gasteiger partial charge is 0.545 e. The summed E-state index contributed by atoms with van der Waals surface area (Å²) in [6.45, 7) is 3.44. The van der Waals surface area contributed by atoms with Gasteiger partial charge in [-0.2, -0.15) is 0 Å². The van der Waals surface area contributed by atoms with Gasteiger partial charge in [0, 0.05) is 17.2 Å². The zero-order valence-electron chi connectivity index (χ0n) is 10.6. The number of halogens is 1. The number of hydrogen-bond acceptors (Lipinski definition) is 6. The van der Waals surface area contributed by atoms with Crippen molar-refractivity contribution in [1.29, 1.82) is 0 Å². The third kappa shape index (κ3) is 3.02. The Balaban J connectivity index is 3.78. The third-order valence-corrected chi connectivity index (χ3v) is 2.91. The lowest BCUT2D eigenvalue weighted by Crippen LogP contribution is -2.25. The monoisotopic (exact) mass is 301 g/mol. The van der Waals surface area contributed by atoms with Crippen molar-refractivity contribution < 1.29 is 19.7 Å². The number of benzene rings is 1. The van der Waals surface area contributed by atoms with Gasteiger partial charge in [-0.1, -0.05) is 25.4 Å². The molecule has 0 bridgehead atoms. The molecule has 0 unspecified atom stereocenters. The summed E-state index contributed by atoms with van der Waals surface area (Å²) in [7, 11) is 0. The standard InChI is InChI=1S/C11H11ClN2O6/c1-5(2)3-6-7(11(15)16)4-8(13(17)18)9(12)10(6)14(19)20/h4-5H,3H2,1-2H3,(H,15,16)/p-1. The summed E-state index contributed by atoms with van der Waals surface area (Å²) in [6.07, 6.45) is 0.0390. The van der Waals surface area contributed by atoms with Crippen molar-refractivity contribution in [1.82, 2.24) is 0 Å². The van der Waals surface area contributed by atoms with Crippen molar-refractivity contribution in [2.45, 2.75) is 20.3 Å². The first kappa shape index (κ1) is 15.8. The van der Waals surface area contributed by atoms with Gasteiger partial charge in [0.15, 0.2) is 5.02 Å². The number of carbonyl (C=O) groups excluding carboxylic acids is 1. The zero-order valence-corrected chi connectivity index (χ0v) is 11.3. The van der Waals surface area contributed by atoms with Crippen molar-refractivity contribution in [3.05, 3.63) is 42.4 Å². The van der Waals surface area contributed by atoms with E-state index in [0.29, 0.717) is 6.07 Å². The van der Waals surface area contributed by atoms with Gasteiger partial charge >= 0.3 is 0 Å². The first-order valence-corrected chi connectivity index (χ1v) is 5.90. The van der Waals surface area contributed by atoms with Gasteiger partial charge in [-0.15, -0.1) is 0 Å². The van der Waals surface area contributed by atoms with Crippen LogP contribution in [0, 0.1) is 26.1 Å². The summed E-state index contributed by atoms with van der Waals surface area (Å²) in [4.78, 5) is 31.0. The topological polar surface area (TPSA) is 126 Å². The van der Waals surface area contributed by atoms with Gasteiger partial charge < -0.3 is 9.90 Å². The molecule has 0 amide bonds. The van der Waals surface area contributed by atoms with Crippen molar-refractivity contribution in [2.24, 2.45) is 5.92 Å². The van der Waals surface area contributed by atoms with E-state index in [1.54, 1.807) is 13.8 Å². The maximum Gasteiger partial charge on any atom is 0.298 e. The molecule has 0 radical (unpaired) electrons. The van der Waals surface area contributed by atoms with Crippen LogP contribution in [-0.2, 0) is 6.42 Å². The minimum atomic E-state index is -1.72. The number of carbonyl (C=O) groups is 1. The average molecular weight is 302 g/mol. The molecule has 0 heterocycles. The van der Waals surface area contributed by atoms with E-state index in [9.17, 15) is 30.1 Å². The van der Waals surface area contributed by atoms with E-state index in [-0.39, 0.29) is 17.9 Å². The third-order valence-electron chi connectivity index (χ3n) is 2.54. The minimum Gasteiger partial charge on any atom is -0.545 e. The smallest absolute Gasteiger partial charge is 0.298 e. The van der Waals surface area contributed by atoms with Crippen LogP contribution in [0.15, 0.2) is 6.07 Å². The van der Waals surface area contributed by atoms with Gasteiger partial charge in [0.25, 0.3) is 11.4 Å². The summed E-state index contributed by atoms with van der Waals surface area (Å²) in [5.74, 6) is -1.83. The Morgan fingerprint density at radius 2 is 1.85 bits per heavy atom. The summed E-state index contributed by atoms with van der Waals surface area (Å²) >= 11 is 5.67. The first-order valence-electron chi connectivity index (χ1n) is 5.52. The molecular weight excluding hydrogens is 292 g/mol. The zero-order chi connectivity index (χ0) is 15.6. The Kier molecular flexibility index (Phi) is 4.61. The van der Waals surface area contributed by atoms with Crippen LogP contribution in [0.3, 0.4) is 0 Å². The lowest BCUT2D eigenvalue weighted by Gasteiger charge is -2.13. The molecule has 8 nitrogen and oxygen atoms in total. The molecule has 0 aliphatic heterocycles.